The predicted octanol–water partition coefficient (Wildman–Crippen LogP) is 6.20. The number of thioether (sulfide) groups is 1. The van der Waals surface area contributed by atoms with Crippen LogP contribution in [0.3, 0.4) is 0 Å². The van der Waals surface area contributed by atoms with Crippen molar-refractivity contribution in [2.45, 2.75) is 23.2 Å². The van der Waals surface area contributed by atoms with Crippen LogP contribution in [0.4, 0.5) is 8.78 Å². The highest BCUT2D eigenvalue weighted by Crippen LogP contribution is 2.39. The molecule has 0 aromatic heterocycles. The number of methoxy groups -OCH3 is 1. The van der Waals surface area contributed by atoms with Gasteiger partial charge >= 0.3 is 5.25 Å². The summed E-state index contributed by atoms with van der Waals surface area (Å²) >= 11 is 0.561. The second-order valence-corrected chi connectivity index (χ2v) is 7.26. The lowest BCUT2D eigenvalue weighted by Crippen LogP contribution is -2.14. The Kier molecular flexibility index (Phi) is 6.35. The molecule has 3 rings (SSSR count). The van der Waals surface area contributed by atoms with Crippen molar-refractivity contribution >= 4 is 11.8 Å². The van der Waals surface area contributed by atoms with Gasteiger partial charge in [0.15, 0.2) is 11.5 Å². The van der Waals surface area contributed by atoms with Gasteiger partial charge in [-0.05, 0) is 35.4 Å². The molecule has 3 aromatic rings. The largest absolute Gasteiger partial charge is 0.493 e. The first-order valence-corrected chi connectivity index (χ1v) is 9.33. The summed E-state index contributed by atoms with van der Waals surface area (Å²) in [5.41, 5.74) is 1.52. The SMILES string of the molecule is COc1cc(CC(F)(F)Sc2ccccc2)ccc1OCc1ccccc1. The van der Waals surface area contributed by atoms with Gasteiger partial charge in [0.1, 0.15) is 6.61 Å². The lowest BCUT2D eigenvalue weighted by atomic mass is 10.1. The van der Waals surface area contributed by atoms with Crippen LogP contribution in [0.5, 0.6) is 11.5 Å². The van der Waals surface area contributed by atoms with E-state index in [2.05, 4.69) is 0 Å². The molecule has 0 fully saturated rings. The zero-order valence-electron chi connectivity index (χ0n) is 14.9. The Balaban J connectivity index is 1.67. The maximum absolute atomic E-state index is 14.4. The van der Waals surface area contributed by atoms with Gasteiger partial charge in [0, 0.05) is 11.3 Å². The highest BCUT2D eigenvalue weighted by molar-refractivity contribution is 8.00. The van der Waals surface area contributed by atoms with E-state index in [1.807, 2.05) is 30.3 Å². The number of rotatable bonds is 8. The summed E-state index contributed by atoms with van der Waals surface area (Å²) in [5, 5.41) is -2.92. The van der Waals surface area contributed by atoms with Crippen LogP contribution in [0.15, 0.2) is 83.8 Å². The topological polar surface area (TPSA) is 18.5 Å². The number of hydrogen-bond acceptors (Lipinski definition) is 3. The van der Waals surface area contributed by atoms with E-state index in [0.717, 1.165) is 5.56 Å². The number of ether oxygens (including phenoxy) is 2. The molecule has 3 aromatic carbocycles. The Hall–Kier alpha value is -2.53. The summed E-state index contributed by atoms with van der Waals surface area (Å²) in [6, 6.07) is 23.3. The van der Waals surface area contributed by atoms with Crippen LogP contribution in [-0.2, 0) is 13.0 Å². The predicted molar refractivity (Wildman–Crippen MR) is 105 cm³/mol. The van der Waals surface area contributed by atoms with E-state index in [4.69, 9.17) is 9.47 Å². The molecule has 0 unspecified atom stereocenters. The van der Waals surface area contributed by atoms with E-state index in [1.54, 1.807) is 48.5 Å². The van der Waals surface area contributed by atoms with Gasteiger partial charge in [-0.25, -0.2) is 0 Å². The molecule has 0 atom stereocenters. The van der Waals surface area contributed by atoms with E-state index in [9.17, 15) is 8.78 Å². The van der Waals surface area contributed by atoms with E-state index >= 15 is 0 Å². The molecule has 0 heterocycles. The second-order valence-electron chi connectivity index (χ2n) is 5.99. The van der Waals surface area contributed by atoms with Crippen molar-refractivity contribution in [1.82, 2.24) is 0 Å². The molecular formula is C22H20F2O2S. The van der Waals surface area contributed by atoms with Crippen LogP contribution in [0.2, 0.25) is 0 Å². The van der Waals surface area contributed by atoms with Crippen molar-refractivity contribution in [3.05, 3.63) is 90.0 Å². The van der Waals surface area contributed by atoms with Crippen LogP contribution in [0.25, 0.3) is 0 Å². The summed E-state index contributed by atoms with van der Waals surface area (Å²) in [6.45, 7) is 0.385. The molecule has 0 amide bonds. The maximum Gasteiger partial charge on any atom is 0.302 e. The molecule has 0 N–H and O–H groups in total. The van der Waals surface area contributed by atoms with Crippen molar-refractivity contribution in [3.8, 4) is 11.5 Å². The smallest absolute Gasteiger partial charge is 0.302 e. The fraction of sp³-hybridized carbons (Fsp3) is 0.182. The zero-order chi connectivity index (χ0) is 19.1. The Bertz CT molecular complexity index is 855. The zero-order valence-corrected chi connectivity index (χ0v) is 15.7. The van der Waals surface area contributed by atoms with Crippen LogP contribution >= 0.6 is 11.8 Å². The standard InChI is InChI=1S/C22H20F2O2S/c1-25-21-14-18(15-22(23,24)27-19-10-6-3-7-11-19)12-13-20(21)26-16-17-8-4-2-5-9-17/h2-14H,15-16H2,1H3. The fourth-order valence-corrected chi connectivity index (χ4v) is 3.49. The first-order valence-electron chi connectivity index (χ1n) is 8.51. The van der Waals surface area contributed by atoms with E-state index in [0.29, 0.717) is 40.3 Å². The van der Waals surface area contributed by atoms with Crippen molar-refractivity contribution in [2.24, 2.45) is 0 Å². The monoisotopic (exact) mass is 386 g/mol. The molecule has 0 saturated carbocycles. The van der Waals surface area contributed by atoms with Crippen molar-refractivity contribution in [3.63, 3.8) is 0 Å². The summed E-state index contributed by atoms with van der Waals surface area (Å²) in [5.74, 6) is 0.980. The fourth-order valence-electron chi connectivity index (χ4n) is 2.61. The summed E-state index contributed by atoms with van der Waals surface area (Å²) in [6.07, 6.45) is -0.387. The van der Waals surface area contributed by atoms with E-state index < -0.39 is 5.25 Å². The van der Waals surface area contributed by atoms with Crippen LogP contribution in [0, 0.1) is 0 Å². The molecule has 0 bridgehead atoms. The third-order valence-electron chi connectivity index (χ3n) is 3.89. The van der Waals surface area contributed by atoms with Gasteiger partial charge in [-0.15, -0.1) is 0 Å². The Morgan fingerprint density at radius 1 is 0.815 bits per heavy atom. The number of hydrogen-bond donors (Lipinski definition) is 0. The lowest BCUT2D eigenvalue weighted by molar-refractivity contribution is 0.106. The van der Waals surface area contributed by atoms with Crippen molar-refractivity contribution < 1.29 is 18.3 Å². The van der Waals surface area contributed by atoms with Gasteiger partial charge < -0.3 is 9.47 Å². The van der Waals surface area contributed by atoms with Crippen molar-refractivity contribution in [1.29, 1.82) is 0 Å². The summed E-state index contributed by atoms with van der Waals surface area (Å²) in [7, 11) is 1.51. The number of benzene rings is 3. The van der Waals surface area contributed by atoms with Gasteiger partial charge in [-0.2, -0.15) is 8.78 Å². The second kappa shape index (κ2) is 8.91. The van der Waals surface area contributed by atoms with Gasteiger partial charge in [-0.1, -0.05) is 66.4 Å². The molecule has 0 spiro atoms. The molecule has 0 radical (unpaired) electrons. The molecule has 2 nitrogen and oxygen atoms in total. The van der Waals surface area contributed by atoms with Crippen LogP contribution in [-0.4, -0.2) is 12.4 Å². The van der Waals surface area contributed by atoms with Crippen molar-refractivity contribution in [2.75, 3.05) is 7.11 Å². The number of halogens is 2. The normalized spacial score (nSPS) is 11.2. The lowest BCUT2D eigenvalue weighted by Gasteiger charge is -2.17. The maximum atomic E-state index is 14.4. The Labute approximate surface area is 162 Å². The van der Waals surface area contributed by atoms with E-state index in [1.165, 1.54) is 7.11 Å². The highest BCUT2D eigenvalue weighted by Gasteiger charge is 2.31. The van der Waals surface area contributed by atoms with E-state index in [-0.39, 0.29) is 6.42 Å². The van der Waals surface area contributed by atoms with Gasteiger partial charge in [0.25, 0.3) is 0 Å². The average molecular weight is 386 g/mol. The third kappa shape index (κ3) is 5.73. The Morgan fingerprint density at radius 2 is 1.48 bits per heavy atom. The minimum absolute atomic E-state index is 0.385. The number of alkyl halides is 2. The third-order valence-corrected chi connectivity index (χ3v) is 4.84. The summed E-state index contributed by atoms with van der Waals surface area (Å²) in [4.78, 5) is 0.539. The molecule has 0 aliphatic carbocycles. The van der Waals surface area contributed by atoms with Gasteiger partial charge in [0.05, 0.1) is 7.11 Å². The minimum atomic E-state index is -2.92. The molecule has 0 saturated heterocycles. The van der Waals surface area contributed by atoms with Crippen LogP contribution < -0.4 is 9.47 Å². The molecule has 0 aliphatic heterocycles. The minimum Gasteiger partial charge on any atom is -0.493 e. The first-order chi connectivity index (χ1) is 13.1. The molecule has 140 valence electrons. The summed E-state index contributed by atoms with van der Waals surface area (Å²) < 4.78 is 39.9. The van der Waals surface area contributed by atoms with Crippen LogP contribution in [0.1, 0.15) is 11.1 Å². The van der Waals surface area contributed by atoms with Gasteiger partial charge in [-0.3, -0.25) is 0 Å². The van der Waals surface area contributed by atoms with Gasteiger partial charge in [0.2, 0.25) is 0 Å². The molecule has 27 heavy (non-hydrogen) atoms. The Morgan fingerprint density at radius 3 is 2.15 bits per heavy atom. The molecule has 5 heteroatoms. The molecular weight excluding hydrogens is 366 g/mol. The quantitative estimate of drug-likeness (QED) is 0.429. The first kappa shape index (κ1) is 19.2. The highest BCUT2D eigenvalue weighted by atomic mass is 32.2. The molecule has 0 aliphatic rings. The average Bonchev–Trinajstić information content (AvgIpc) is 2.67.